The zero-order valence-electron chi connectivity index (χ0n) is 5.95. The number of hydrogen-bond acceptors (Lipinski definition) is 9. The van der Waals surface area contributed by atoms with Crippen LogP contribution in [0.4, 0.5) is 0 Å². The third kappa shape index (κ3) is 7.40. The molecule has 1 aromatic heterocycles. The predicted molar refractivity (Wildman–Crippen MR) is 84.7 cm³/mol. The lowest BCUT2D eigenvalue weighted by atomic mass is 10.7. The molecule has 1 heterocycles. The van der Waals surface area contributed by atoms with Gasteiger partial charge in [-0.2, -0.15) is 11.3 Å². The van der Waals surface area contributed by atoms with Crippen molar-refractivity contribution in [3.63, 3.8) is 0 Å². The van der Waals surface area contributed by atoms with Crippen molar-refractivity contribution >= 4 is 92.7 Å². The lowest BCUT2D eigenvalue weighted by Gasteiger charge is -1.95. The normalized spacial score (nSPS) is 10.5. The Morgan fingerprint density at radius 1 is 1.08 bits per heavy atom. The van der Waals surface area contributed by atoms with Crippen LogP contribution in [0.5, 0.6) is 0 Å². The molecule has 0 amide bonds. The van der Waals surface area contributed by atoms with Crippen LogP contribution in [0.25, 0.3) is 0 Å². The molecule has 0 nitrogen and oxygen atoms in total. The Hall–Kier alpha value is 2.50. The van der Waals surface area contributed by atoms with Crippen LogP contribution in [0.1, 0.15) is 0 Å². The summed E-state index contributed by atoms with van der Waals surface area (Å²) in [5.74, 6) is 0. The summed E-state index contributed by atoms with van der Waals surface area (Å²) in [7, 11) is 12.1. The molecule has 0 radical (unpaired) electrons. The average molecular weight is 341 g/mol. The van der Waals surface area contributed by atoms with Gasteiger partial charge in [-0.1, -0.05) is 11.7 Å². The Morgan fingerprint density at radius 3 is 2.54 bits per heavy atom. The van der Waals surface area contributed by atoms with Gasteiger partial charge in [0, 0.05) is 10.3 Å². The average Bonchev–Trinajstić information content (AvgIpc) is 2.63. The fourth-order valence-corrected chi connectivity index (χ4v) is 15.3. The highest BCUT2D eigenvalue weighted by atomic mass is 34.0. The summed E-state index contributed by atoms with van der Waals surface area (Å²) >= 11 is 5.76. The van der Waals surface area contributed by atoms with E-state index < -0.39 is 0 Å². The Morgan fingerprint density at radius 2 is 1.85 bits per heavy atom. The lowest BCUT2D eigenvalue weighted by Crippen LogP contribution is -1.48. The van der Waals surface area contributed by atoms with E-state index in [-0.39, 0.29) is 0 Å². The standard InChI is InChI=1S/C4H4S9/c5-8-10-12-13-11-9-7-4-1-2-6-3-4/h1-3,5H. The predicted octanol–water partition coefficient (Wildman–Crippen LogP) is 6.57. The van der Waals surface area contributed by atoms with E-state index in [0.717, 1.165) is 0 Å². The van der Waals surface area contributed by atoms with E-state index in [4.69, 9.17) is 0 Å². The smallest absolute Gasteiger partial charge is 0.0298 e. The van der Waals surface area contributed by atoms with E-state index in [9.17, 15) is 0 Å². The highest BCUT2D eigenvalue weighted by Crippen LogP contribution is 2.56. The second-order valence-corrected chi connectivity index (χ2v) is 14.2. The van der Waals surface area contributed by atoms with Crippen molar-refractivity contribution in [3.05, 3.63) is 16.8 Å². The lowest BCUT2D eigenvalue weighted by molar-refractivity contribution is 1.62. The maximum Gasteiger partial charge on any atom is 0.0298 e. The highest BCUT2D eigenvalue weighted by Gasteiger charge is 1.96. The second-order valence-electron chi connectivity index (χ2n) is 1.46. The molecule has 9 heteroatoms. The first-order chi connectivity index (χ1) is 6.43. The van der Waals surface area contributed by atoms with Crippen LogP contribution in [-0.4, -0.2) is 0 Å². The maximum absolute atomic E-state index is 4.02. The van der Waals surface area contributed by atoms with Crippen molar-refractivity contribution in [1.29, 1.82) is 0 Å². The van der Waals surface area contributed by atoms with Gasteiger partial charge in [-0.05, 0) is 81.2 Å². The van der Waals surface area contributed by atoms with E-state index in [1.54, 1.807) is 71.3 Å². The van der Waals surface area contributed by atoms with Crippen LogP contribution in [-0.2, 0) is 0 Å². The summed E-state index contributed by atoms with van der Waals surface area (Å²) in [6, 6.07) is 2.14. The van der Waals surface area contributed by atoms with Gasteiger partial charge in [0.1, 0.15) is 0 Å². The first kappa shape index (κ1) is 13.6. The molecule has 74 valence electrons. The van der Waals surface area contributed by atoms with E-state index in [0.29, 0.717) is 0 Å². The SMILES string of the molecule is SSSSSSSSc1ccsc1. The van der Waals surface area contributed by atoms with Crippen molar-refractivity contribution in [2.75, 3.05) is 0 Å². The van der Waals surface area contributed by atoms with Gasteiger partial charge in [-0.25, -0.2) is 0 Å². The zero-order valence-corrected chi connectivity index (χ0v) is 13.4. The van der Waals surface area contributed by atoms with Crippen LogP contribution >= 0.6 is 92.7 Å². The van der Waals surface area contributed by atoms with Gasteiger partial charge < -0.3 is 0 Å². The maximum atomic E-state index is 4.02. The number of thiol groups is 1. The molecule has 0 saturated heterocycles. The molecule has 0 bridgehead atoms. The summed E-state index contributed by atoms with van der Waals surface area (Å²) in [6.07, 6.45) is 0. The van der Waals surface area contributed by atoms with Gasteiger partial charge >= 0.3 is 0 Å². The van der Waals surface area contributed by atoms with Crippen molar-refractivity contribution in [3.8, 4) is 0 Å². The molecule has 0 saturated carbocycles. The molecule has 0 aliphatic rings. The first-order valence-electron chi connectivity index (χ1n) is 2.77. The molecule has 0 aliphatic heterocycles. The molecule has 13 heavy (non-hydrogen) atoms. The van der Waals surface area contributed by atoms with Crippen molar-refractivity contribution < 1.29 is 0 Å². The summed E-state index contributed by atoms with van der Waals surface area (Å²) in [6.45, 7) is 0. The Balaban J connectivity index is 1.90. The van der Waals surface area contributed by atoms with Gasteiger partial charge in [0.15, 0.2) is 0 Å². The fraction of sp³-hybridized carbons (Fsp3) is 0. The third-order valence-corrected chi connectivity index (χ3v) is 14.8. The molecule has 0 fully saturated rings. The van der Waals surface area contributed by atoms with E-state index >= 15 is 0 Å². The molecule has 0 spiro atoms. The fourth-order valence-electron chi connectivity index (χ4n) is 0.399. The third-order valence-electron chi connectivity index (χ3n) is 0.767. The number of rotatable bonds is 7. The molecule has 0 N–H and O–H groups in total. The minimum absolute atomic E-state index is 1.34. The number of hydrogen-bond donors (Lipinski definition) is 1. The molecule has 1 rings (SSSR count). The highest BCUT2D eigenvalue weighted by molar-refractivity contribution is 9.48. The van der Waals surface area contributed by atoms with E-state index in [1.165, 1.54) is 14.7 Å². The minimum atomic E-state index is 1.34. The van der Waals surface area contributed by atoms with Gasteiger partial charge in [-0.3, -0.25) is 0 Å². The topological polar surface area (TPSA) is 0 Å². The van der Waals surface area contributed by atoms with Crippen molar-refractivity contribution in [2.24, 2.45) is 0 Å². The van der Waals surface area contributed by atoms with Gasteiger partial charge in [0.25, 0.3) is 0 Å². The Kier molecular flexibility index (Phi) is 10.1. The Labute approximate surface area is 113 Å². The summed E-state index contributed by atoms with van der Waals surface area (Å²) in [4.78, 5) is 1.34. The molecular weight excluding hydrogens is 337 g/mol. The zero-order chi connectivity index (χ0) is 9.36. The molecular formula is C4H4S9. The van der Waals surface area contributed by atoms with Crippen LogP contribution < -0.4 is 0 Å². The van der Waals surface area contributed by atoms with Crippen LogP contribution in [0, 0.1) is 0 Å². The van der Waals surface area contributed by atoms with Crippen molar-refractivity contribution in [2.45, 2.75) is 4.90 Å². The van der Waals surface area contributed by atoms with Gasteiger partial charge in [0.2, 0.25) is 0 Å². The number of thiophene rings is 1. The molecule has 0 aromatic carbocycles. The van der Waals surface area contributed by atoms with Crippen LogP contribution in [0.2, 0.25) is 0 Å². The van der Waals surface area contributed by atoms with Crippen LogP contribution in [0.15, 0.2) is 21.7 Å². The van der Waals surface area contributed by atoms with E-state index in [2.05, 4.69) is 28.5 Å². The molecule has 1 aromatic rings. The minimum Gasteiger partial charge on any atom is -0.151 e. The summed E-state index contributed by atoms with van der Waals surface area (Å²) in [5.41, 5.74) is 0. The van der Waals surface area contributed by atoms with Gasteiger partial charge in [-0.15, -0.1) is 0 Å². The monoisotopic (exact) mass is 340 g/mol. The molecule has 0 aliphatic carbocycles. The molecule has 0 atom stereocenters. The largest absolute Gasteiger partial charge is 0.151 e. The first-order valence-corrected chi connectivity index (χ1v) is 13.6. The van der Waals surface area contributed by atoms with E-state index in [1.807, 2.05) is 0 Å². The molecule has 0 unspecified atom stereocenters. The van der Waals surface area contributed by atoms with Crippen LogP contribution in [0.3, 0.4) is 0 Å². The Bertz CT molecular complexity index is 195. The van der Waals surface area contributed by atoms with Crippen molar-refractivity contribution in [1.82, 2.24) is 0 Å². The second kappa shape index (κ2) is 9.71. The summed E-state index contributed by atoms with van der Waals surface area (Å²) < 4.78 is 0. The quantitative estimate of drug-likeness (QED) is 0.334. The van der Waals surface area contributed by atoms with Gasteiger partial charge in [0.05, 0.1) is 0 Å². The summed E-state index contributed by atoms with van der Waals surface area (Å²) in [5, 5.41) is 4.26.